The average molecular weight is 321 g/mol. The number of nitrogens with zero attached hydrogens (tertiary/aromatic N) is 2. The summed E-state index contributed by atoms with van der Waals surface area (Å²) >= 11 is 0. The number of hydrogen-bond donors (Lipinski definition) is 1. The topological polar surface area (TPSA) is 46.4 Å². The van der Waals surface area contributed by atoms with Crippen molar-refractivity contribution in [3.8, 4) is 0 Å². The number of imidazole rings is 1. The van der Waals surface area contributed by atoms with E-state index in [9.17, 15) is 4.79 Å². The number of amides is 1. The van der Waals surface area contributed by atoms with Crippen LogP contribution in [0, 0.1) is 6.92 Å². The predicted molar refractivity (Wildman–Crippen MR) is 97.8 cm³/mol. The van der Waals surface area contributed by atoms with Gasteiger partial charge in [0.1, 0.15) is 11.3 Å². The predicted octanol–water partition coefficient (Wildman–Crippen LogP) is 4.58. The molecule has 0 bridgehead atoms. The van der Waals surface area contributed by atoms with Crippen LogP contribution >= 0.6 is 0 Å². The quantitative estimate of drug-likeness (QED) is 0.764. The molecule has 1 N–H and O–H groups in total. The van der Waals surface area contributed by atoms with Crippen LogP contribution in [0.5, 0.6) is 0 Å². The second kappa shape index (κ2) is 6.48. The summed E-state index contributed by atoms with van der Waals surface area (Å²) < 4.78 is 1.86. The van der Waals surface area contributed by atoms with E-state index in [0.717, 1.165) is 29.0 Å². The fraction of sp³-hybridized carbons (Fsp3) is 0.300. The average Bonchev–Trinajstić information content (AvgIpc) is 2.92. The normalized spacial score (nSPS) is 11.2. The Bertz CT molecular complexity index is 876. The summed E-state index contributed by atoms with van der Waals surface area (Å²) in [6.07, 6.45) is 2.63. The van der Waals surface area contributed by atoms with Gasteiger partial charge in [0.15, 0.2) is 0 Å². The van der Waals surface area contributed by atoms with E-state index < -0.39 is 0 Å². The van der Waals surface area contributed by atoms with Crippen molar-refractivity contribution in [2.45, 2.75) is 40.0 Å². The molecular formula is C20H23N3O. The molecule has 24 heavy (non-hydrogen) atoms. The van der Waals surface area contributed by atoms with Crippen molar-refractivity contribution >= 4 is 17.2 Å². The lowest BCUT2D eigenvalue weighted by molar-refractivity contribution is 0.102. The van der Waals surface area contributed by atoms with Gasteiger partial charge in [0, 0.05) is 11.9 Å². The van der Waals surface area contributed by atoms with Gasteiger partial charge in [0.2, 0.25) is 0 Å². The molecule has 3 aromatic rings. The van der Waals surface area contributed by atoms with Crippen molar-refractivity contribution in [2.24, 2.45) is 0 Å². The van der Waals surface area contributed by atoms with Crippen molar-refractivity contribution in [3.05, 3.63) is 65.1 Å². The minimum absolute atomic E-state index is 0.125. The van der Waals surface area contributed by atoms with Crippen LogP contribution in [0.15, 0.2) is 42.6 Å². The number of nitrogens with one attached hydrogen (secondary N) is 1. The standard InChI is InChI=1S/C20H23N3O/c1-5-17-19(23-11-10-14(4)12-18(23)22-17)20(24)21-16-8-6-15(7-9-16)13(2)3/h6-13H,5H2,1-4H3,(H,21,24). The van der Waals surface area contributed by atoms with Crippen LogP contribution in [0.3, 0.4) is 0 Å². The van der Waals surface area contributed by atoms with Gasteiger partial charge in [-0.15, -0.1) is 0 Å². The number of aromatic nitrogens is 2. The molecule has 0 saturated carbocycles. The monoisotopic (exact) mass is 321 g/mol. The third-order valence-corrected chi connectivity index (χ3v) is 4.24. The van der Waals surface area contributed by atoms with Crippen LogP contribution in [0.1, 0.15) is 54.0 Å². The first-order valence-corrected chi connectivity index (χ1v) is 8.38. The van der Waals surface area contributed by atoms with E-state index in [1.54, 1.807) is 0 Å². The van der Waals surface area contributed by atoms with Gasteiger partial charge in [-0.2, -0.15) is 0 Å². The lowest BCUT2D eigenvalue weighted by Crippen LogP contribution is -2.16. The third-order valence-electron chi connectivity index (χ3n) is 4.24. The molecule has 1 aromatic carbocycles. The number of hydrogen-bond acceptors (Lipinski definition) is 2. The minimum Gasteiger partial charge on any atom is -0.321 e. The van der Waals surface area contributed by atoms with Gasteiger partial charge in [0.05, 0.1) is 5.69 Å². The number of benzene rings is 1. The first-order chi connectivity index (χ1) is 11.5. The fourth-order valence-electron chi connectivity index (χ4n) is 2.82. The van der Waals surface area contributed by atoms with Crippen LogP contribution in [0.25, 0.3) is 5.65 Å². The van der Waals surface area contributed by atoms with Crippen LogP contribution in [-0.4, -0.2) is 15.3 Å². The maximum absolute atomic E-state index is 12.8. The van der Waals surface area contributed by atoms with Crippen LogP contribution in [0.2, 0.25) is 0 Å². The van der Waals surface area contributed by atoms with E-state index in [-0.39, 0.29) is 5.91 Å². The molecule has 4 heteroatoms. The zero-order chi connectivity index (χ0) is 17.3. The smallest absolute Gasteiger partial charge is 0.274 e. The van der Waals surface area contributed by atoms with E-state index >= 15 is 0 Å². The van der Waals surface area contributed by atoms with Gasteiger partial charge in [-0.05, 0) is 54.7 Å². The van der Waals surface area contributed by atoms with E-state index in [2.05, 4.69) is 36.3 Å². The molecule has 0 radical (unpaired) electrons. The van der Waals surface area contributed by atoms with E-state index in [4.69, 9.17) is 0 Å². The van der Waals surface area contributed by atoms with E-state index in [1.807, 2.05) is 48.7 Å². The Labute approximate surface area is 142 Å². The summed E-state index contributed by atoms with van der Waals surface area (Å²) in [5.74, 6) is 0.351. The molecule has 2 aromatic heterocycles. The molecule has 1 amide bonds. The molecule has 0 unspecified atom stereocenters. The van der Waals surface area contributed by atoms with Gasteiger partial charge in [-0.25, -0.2) is 4.98 Å². The second-order valence-electron chi connectivity index (χ2n) is 6.42. The van der Waals surface area contributed by atoms with Gasteiger partial charge in [0.25, 0.3) is 5.91 Å². The largest absolute Gasteiger partial charge is 0.321 e. The van der Waals surface area contributed by atoms with Gasteiger partial charge in [-0.1, -0.05) is 32.9 Å². The summed E-state index contributed by atoms with van der Waals surface area (Å²) in [6.45, 7) is 8.35. The van der Waals surface area contributed by atoms with E-state index in [1.165, 1.54) is 5.56 Å². The molecule has 2 heterocycles. The van der Waals surface area contributed by atoms with Crippen molar-refractivity contribution in [1.82, 2.24) is 9.38 Å². The van der Waals surface area contributed by atoms with Crippen LogP contribution < -0.4 is 5.32 Å². The van der Waals surface area contributed by atoms with Crippen molar-refractivity contribution in [1.29, 1.82) is 0 Å². The lowest BCUT2D eigenvalue weighted by atomic mass is 10.0. The Kier molecular flexibility index (Phi) is 4.38. The Morgan fingerprint density at radius 1 is 1.21 bits per heavy atom. The van der Waals surface area contributed by atoms with Crippen LogP contribution in [-0.2, 0) is 6.42 Å². The zero-order valence-electron chi connectivity index (χ0n) is 14.6. The maximum Gasteiger partial charge on any atom is 0.274 e. The molecular weight excluding hydrogens is 298 g/mol. The highest BCUT2D eigenvalue weighted by Gasteiger charge is 2.18. The molecule has 0 saturated heterocycles. The highest BCUT2D eigenvalue weighted by atomic mass is 16.2. The first kappa shape index (κ1) is 16.2. The highest BCUT2D eigenvalue weighted by Crippen LogP contribution is 2.20. The molecule has 124 valence electrons. The lowest BCUT2D eigenvalue weighted by Gasteiger charge is -2.09. The van der Waals surface area contributed by atoms with Crippen LogP contribution in [0.4, 0.5) is 5.69 Å². The van der Waals surface area contributed by atoms with E-state index in [0.29, 0.717) is 11.6 Å². The number of anilines is 1. The van der Waals surface area contributed by atoms with Gasteiger partial charge >= 0.3 is 0 Å². The second-order valence-corrected chi connectivity index (χ2v) is 6.42. The number of carbonyl (C=O) groups is 1. The van der Waals surface area contributed by atoms with Crippen molar-refractivity contribution < 1.29 is 4.79 Å². The fourth-order valence-corrected chi connectivity index (χ4v) is 2.82. The molecule has 0 aliphatic rings. The Balaban J connectivity index is 1.93. The highest BCUT2D eigenvalue weighted by molar-refractivity contribution is 6.04. The molecule has 0 aliphatic carbocycles. The number of aryl methyl sites for hydroxylation is 2. The molecule has 4 nitrogen and oxygen atoms in total. The Morgan fingerprint density at radius 3 is 2.54 bits per heavy atom. The molecule has 0 atom stereocenters. The summed E-state index contributed by atoms with van der Waals surface area (Å²) in [6, 6.07) is 12.0. The minimum atomic E-state index is -0.125. The summed E-state index contributed by atoms with van der Waals surface area (Å²) in [5.41, 5.74) is 5.43. The van der Waals surface area contributed by atoms with Crippen molar-refractivity contribution in [3.63, 3.8) is 0 Å². The molecule has 0 aliphatic heterocycles. The molecule has 0 fully saturated rings. The summed E-state index contributed by atoms with van der Waals surface area (Å²) in [5, 5.41) is 2.99. The Morgan fingerprint density at radius 2 is 1.92 bits per heavy atom. The number of carbonyl (C=O) groups excluding carboxylic acids is 1. The Hall–Kier alpha value is -2.62. The van der Waals surface area contributed by atoms with Gasteiger partial charge in [-0.3, -0.25) is 9.20 Å². The molecule has 0 spiro atoms. The maximum atomic E-state index is 12.8. The summed E-state index contributed by atoms with van der Waals surface area (Å²) in [4.78, 5) is 17.4. The number of pyridine rings is 1. The van der Waals surface area contributed by atoms with Gasteiger partial charge < -0.3 is 5.32 Å². The summed E-state index contributed by atoms with van der Waals surface area (Å²) in [7, 11) is 0. The number of rotatable bonds is 4. The SMILES string of the molecule is CCc1nc2cc(C)ccn2c1C(=O)Nc1ccc(C(C)C)cc1. The number of fused-ring (bicyclic) bond motifs is 1. The first-order valence-electron chi connectivity index (χ1n) is 8.38. The van der Waals surface area contributed by atoms with Crippen molar-refractivity contribution in [2.75, 3.05) is 5.32 Å². The third kappa shape index (κ3) is 3.04. The zero-order valence-corrected chi connectivity index (χ0v) is 14.6. The molecule has 3 rings (SSSR count).